The van der Waals surface area contributed by atoms with E-state index >= 15 is 0 Å². The zero-order chi connectivity index (χ0) is 13.8. The van der Waals surface area contributed by atoms with Crippen molar-refractivity contribution in [1.29, 1.82) is 0 Å². The van der Waals surface area contributed by atoms with Gasteiger partial charge in [-0.1, -0.05) is 12.1 Å². The highest BCUT2D eigenvalue weighted by Gasteiger charge is 2.28. The van der Waals surface area contributed by atoms with Gasteiger partial charge >= 0.3 is 6.18 Å². The summed E-state index contributed by atoms with van der Waals surface area (Å²) < 4.78 is 35.7. The number of carbonyl (C=O) groups excluding carboxylic acids is 1. The van der Waals surface area contributed by atoms with Gasteiger partial charge in [-0.3, -0.25) is 4.79 Å². The molecule has 0 aliphatic heterocycles. The van der Waals surface area contributed by atoms with E-state index in [2.05, 4.69) is 0 Å². The largest absolute Gasteiger partial charge is 0.507 e. The van der Waals surface area contributed by atoms with Crippen molar-refractivity contribution in [2.24, 2.45) is 0 Å². The van der Waals surface area contributed by atoms with Crippen LogP contribution >= 0.6 is 11.8 Å². The number of phenols is 1. The fourth-order valence-electron chi connectivity index (χ4n) is 1.13. The predicted octanol–water partition coefficient (Wildman–Crippen LogP) is 2.55. The predicted molar refractivity (Wildman–Crippen MR) is 62.5 cm³/mol. The molecule has 0 saturated carbocycles. The average Bonchev–Trinajstić information content (AvgIpc) is 2.28. The van der Waals surface area contributed by atoms with Gasteiger partial charge in [0.05, 0.1) is 5.25 Å². The fourth-order valence-corrected chi connectivity index (χ4v) is 2.05. The zero-order valence-corrected chi connectivity index (χ0v) is 10.3. The van der Waals surface area contributed by atoms with Crippen molar-refractivity contribution < 1.29 is 23.1 Å². The van der Waals surface area contributed by atoms with Crippen molar-refractivity contribution >= 4 is 17.7 Å². The second kappa shape index (κ2) is 5.99. The number of hydrogen-bond acceptors (Lipinski definition) is 3. The molecule has 0 bridgehead atoms. The third kappa shape index (κ3) is 4.87. The molecule has 1 aromatic rings. The first-order valence-corrected chi connectivity index (χ1v) is 5.96. The summed E-state index contributed by atoms with van der Waals surface area (Å²) in [6, 6.07) is 6.33. The number of aromatic hydroxyl groups is 1. The van der Waals surface area contributed by atoms with Crippen LogP contribution in [0.5, 0.6) is 5.75 Å². The van der Waals surface area contributed by atoms with E-state index in [4.69, 9.17) is 0 Å². The highest BCUT2D eigenvalue weighted by molar-refractivity contribution is 8.00. The van der Waals surface area contributed by atoms with E-state index in [1.165, 1.54) is 13.0 Å². The van der Waals surface area contributed by atoms with Crippen molar-refractivity contribution in [2.75, 3.05) is 6.54 Å². The van der Waals surface area contributed by atoms with E-state index in [1.807, 2.05) is 0 Å². The third-order valence-electron chi connectivity index (χ3n) is 2.00. The Morgan fingerprint density at radius 1 is 1.44 bits per heavy atom. The van der Waals surface area contributed by atoms with Gasteiger partial charge in [-0.25, -0.2) is 0 Å². The summed E-state index contributed by atoms with van der Waals surface area (Å²) in [5.74, 6) is -0.724. The van der Waals surface area contributed by atoms with Gasteiger partial charge in [0.15, 0.2) is 0 Å². The molecule has 0 unspecified atom stereocenters. The first-order chi connectivity index (χ1) is 8.29. The maximum absolute atomic E-state index is 11.9. The van der Waals surface area contributed by atoms with Crippen LogP contribution < -0.4 is 5.32 Å². The van der Waals surface area contributed by atoms with Crippen LogP contribution in [0.25, 0.3) is 0 Å². The number of carbonyl (C=O) groups is 1. The Morgan fingerprint density at radius 2 is 2.06 bits per heavy atom. The summed E-state index contributed by atoms with van der Waals surface area (Å²) >= 11 is 0.999. The second-order valence-electron chi connectivity index (χ2n) is 3.56. The number of para-hydroxylation sites is 1. The van der Waals surface area contributed by atoms with Crippen molar-refractivity contribution in [3.05, 3.63) is 24.3 Å². The second-order valence-corrected chi connectivity index (χ2v) is 4.94. The highest BCUT2D eigenvalue weighted by Crippen LogP contribution is 2.31. The monoisotopic (exact) mass is 279 g/mol. The molecule has 1 aromatic carbocycles. The normalized spacial score (nSPS) is 13.1. The molecule has 100 valence electrons. The molecule has 0 aliphatic carbocycles. The molecule has 0 spiro atoms. The van der Waals surface area contributed by atoms with Crippen LogP contribution in [-0.2, 0) is 4.79 Å². The molecule has 0 fully saturated rings. The lowest BCUT2D eigenvalue weighted by Crippen LogP contribution is -2.37. The van der Waals surface area contributed by atoms with Gasteiger partial charge in [-0.2, -0.15) is 13.2 Å². The lowest BCUT2D eigenvalue weighted by molar-refractivity contribution is -0.137. The molecule has 0 aromatic heterocycles. The average molecular weight is 279 g/mol. The Morgan fingerprint density at radius 3 is 2.61 bits per heavy atom. The maximum Gasteiger partial charge on any atom is 0.405 e. The molecule has 1 amide bonds. The number of halogens is 3. The molecule has 1 atom stereocenters. The summed E-state index contributed by atoms with van der Waals surface area (Å²) in [6.45, 7) is 0.125. The Labute approximate surface area is 106 Å². The lowest BCUT2D eigenvalue weighted by atomic mass is 10.3. The van der Waals surface area contributed by atoms with Gasteiger partial charge in [-0.05, 0) is 19.1 Å². The summed E-state index contributed by atoms with van der Waals surface area (Å²) in [4.78, 5) is 11.8. The van der Waals surface area contributed by atoms with Crippen molar-refractivity contribution in [3.63, 3.8) is 0 Å². The number of thioether (sulfide) groups is 1. The van der Waals surface area contributed by atoms with Crippen molar-refractivity contribution in [1.82, 2.24) is 5.32 Å². The van der Waals surface area contributed by atoms with Crippen LogP contribution in [0.4, 0.5) is 13.2 Å². The third-order valence-corrected chi connectivity index (χ3v) is 3.17. The Bertz CT molecular complexity index is 423. The number of benzene rings is 1. The molecule has 2 N–H and O–H groups in total. The maximum atomic E-state index is 11.9. The fraction of sp³-hybridized carbons (Fsp3) is 0.364. The van der Waals surface area contributed by atoms with E-state index in [0.717, 1.165) is 11.8 Å². The smallest absolute Gasteiger partial charge is 0.405 e. The van der Waals surface area contributed by atoms with Crippen LogP contribution in [0.15, 0.2) is 29.2 Å². The highest BCUT2D eigenvalue weighted by atomic mass is 32.2. The minimum atomic E-state index is -4.42. The molecule has 18 heavy (non-hydrogen) atoms. The van der Waals surface area contributed by atoms with E-state index in [1.54, 1.807) is 23.5 Å². The Kier molecular flexibility index (Phi) is 4.89. The molecule has 0 aliphatic rings. The molecule has 1 rings (SSSR count). The van der Waals surface area contributed by atoms with Gasteiger partial charge in [0.25, 0.3) is 0 Å². The summed E-state index contributed by atoms with van der Waals surface area (Å²) in [5.41, 5.74) is 0. The number of nitrogens with one attached hydrogen (secondary N) is 1. The Hall–Kier alpha value is -1.37. The van der Waals surface area contributed by atoms with Gasteiger partial charge in [0.1, 0.15) is 12.3 Å². The number of hydrogen-bond donors (Lipinski definition) is 2. The number of phenolic OH excluding ortho intramolecular Hbond substituents is 1. The topological polar surface area (TPSA) is 49.3 Å². The molecular formula is C11H12F3NO2S. The minimum Gasteiger partial charge on any atom is -0.507 e. The summed E-state index contributed by atoms with van der Waals surface area (Å²) in [5, 5.41) is 10.5. The summed E-state index contributed by atoms with van der Waals surface area (Å²) in [6.07, 6.45) is -4.42. The number of alkyl halides is 3. The first kappa shape index (κ1) is 14.7. The summed E-state index contributed by atoms with van der Waals surface area (Å²) in [7, 11) is 0. The first-order valence-electron chi connectivity index (χ1n) is 5.08. The van der Waals surface area contributed by atoms with Gasteiger partial charge < -0.3 is 10.4 Å². The molecule has 7 heteroatoms. The van der Waals surface area contributed by atoms with Crippen LogP contribution in [-0.4, -0.2) is 29.0 Å². The van der Waals surface area contributed by atoms with Crippen molar-refractivity contribution in [2.45, 2.75) is 23.2 Å². The van der Waals surface area contributed by atoms with Crippen LogP contribution in [0, 0.1) is 0 Å². The minimum absolute atomic E-state index is 0.00188. The molecule has 0 saturated heterocycles. The quantitative estimate of drug-likeness (QED) is 0.833. The molecule has 3 nitrogen and oxygen atoms in total. The number of rotatable bonds is 4. The van der Waals surface area contributed by atoms with E-state index in [9.17, 15) is 23.1 Å². The SMILES string of the molecule is C[C@H](Sc1ccccc1O)C(=O)NCC(F)(F)F. The van der Waals surface area contributed by atoms with E-state index < -0.39 is 23.9 Å². The van der Waals surface area contributed by atoms with Gasteiger partial charge in [0, 0.05) is 4.90 Å². The van der Waals surface area contributed by atoms with E-state index in [0.29, 0.717) is 4.90 Å². The van der Waals surface area contributed by atoms with Crippen LogP contribution in [0.2, 0.25) is 0 Å². The van der Waals surface area contributed by atoms with Gasteiger partial charge in [0.2, 0.25) is 5.91 Å². The molecule has 0 heterocycles. The van der Waals surface area contributed by atoms with Crippen molar-refractivity contribution in [3.8, 4) is 5.75 Å². The van der Waals surface area contributed by atoms with E-state index in [-0.39, 0.29) is 5.75 Å². The zero-order valence-electron chi connectivity index (χ0n) is 9.49. The van der Waals surface area contributed by atoms with Crippen LogP contribution in [0.1, 0.15) is 6.92 Å². The van der Waals surface area contributed by atoms with Crippen LogP contribution in [0.3, 0.4) is 0 Å². The molecular weight excluding hydrogens is 267 g/mol. The Balaban J connectivity index is 2.53. The van der Waals surface area contributed by atoms with Gasteiger partial charge in [-0.15, -0.1) is 11.8 Å². The standard InChI is InChI=1S/C11H12F3NO2S/c1-7(10(17)15-6-11(12,13)14)18-9-5-3-2-4-8(9)16/h2-5,7,16H,6H2,1H3,(H,15,17)/t7-/m0/s1. The molecule has 0 radical (unpaired) electrons. The lowest BCUT2D eigenvalue weighted by Gasteiger charge is -2.13. The number of amides is 1.